The Morgan fingerprint density at radius 2 is 0.833 bits per heavy atom. The van der Waals surface area contributed by atoms with E-state index in [2.05, 4.69) is 78.1 Å². The monoisotopic (exact) mass is 304 g/mol. The molecule has 0 unspecified atom stereocenters. The maximum Gasteiger partial charge on any atom is 0.140 e. The quantitative estimate of drug-likeness (QED) is 0.234. The summed E-state index contributed by atoms with van der Waals surface area (Å²) in [5.74, 6) is 0. The normalized spacial score (nSPS) is 12.1. The van der Waals surface area contributed by atoms with E-state index in [-0.39, 0.29) is 0 Å². The molecule has 24 heavy (non-hydrogen) atoms. The van der Waals surface area contributed by atoms with Gasteiger partial charge in [-0.25, -0.2) is 0 Å². The highest BCUT2D eigenvalue weighted by Crippen LogP contribution is 2.40. The molecule has 0 amide bonds. The van der Waals surface area contributed by atoms with Gasteiger partial charge in [-0.05, 0) is 68.1 Å². The first-order chi connectivity index (χ1) is 11.6. The third-order valence-corrected chi connectivity index (χ3v) is 5.74. The van der Waals surface area contributed by atoms with E-state index in [1.165, 1.54) is 65.1 Å². The maximum atomic E-state index is 2.32. The zero-order valence-corrected chi connectivity index (χ0v) is 14.6. The van der Waals surface area contributed by atoms with Gasteiger partial charge in [0.1, 0.15) is 15.7 Å². The van der Waals surface area contributed by atoms with E-state index in [4.69, 9.17) is 0 Å². The van der Waals surface area contributed by atoms with Gasteiger partial charge in [-0.2, -0.15) is 0 Å². The second-order valence-electron chi connectivity index (χ2n) is 7.22. The zero-order chi connectivity index (χ0) is 16.6. The summed E-state index contributed by atoms with van der Waals surface area (Å²) >= 11 is 0. The van der Waals surface area contributed by atoms with Crippen LogP contribution in [0.5, 0.6) is 0 Å². The molecule has 0 saturated heterocycles. The van der Waals surface area contributed by atoms with E-state index in [0.29, 0.717) is 0 Å². The Bertz CT molecular complexity index is 1090. The van der Waals surface area contributed by atoms with E-state index in [0.717, 1.165) is 0 Å². The molecular formula is C22H18B2. The highest BCUT2D eigenvalue weighted by atomic mass is 14.2. The van der Waals surface area contributed by atoms with E-state index in [1.54, 1.807) is 0 Å². The van der Waals surface area contributed by atoms with E-state index < -0.39 is 0 Å². The maximum absolute atomic E-state index is 2.32. The minimum Gasteiger partial charge on any atom is -0.0818 e. The van der Waals surface area contributed by atoms with Gasteiger partial charge < -0.3 is 0 Å². The smallest absolute Gasteiger partial charge is 0.0818 e. The van der Waals surface area contributed by atoms with Crippen LogP contribution in [0.15, 0.2) is 48.5 Å². The summed E-state index contributed by atoms with van der Waals surface area (Å²) in [6, 6.07) is 18.4. The Labute approximate surface area is 143 Å². The largest absolute Gasteiger partial charge is 0.140 e. The minimum atomic E-state index is 1.37. The van der Waals surface area contributed by atoms with Gasteiger partial charge in [0, 0.05) is 0 Å². The van der Waals surface area contributed by atoms with E-state index >= 15 is 0 Å². The first kappa shape index (κ1) is 13.9. The number of hydrogen-bond donors (Lipinski definition) is 0. The van der Waals surface area contributed by atoms with Gasteiger partial charge in [0.15, 0.2) is 0 Å². The van der Waals surface area contributed by atoms with Crippen molar-refractivity contribution in [3.05, 3.63) is 59.7 Å². The van der Waals surface area contributed by atoms with Crippen LogP contribution in [0.2, 0.25) is 0 Å². The molecule has 0 aliphatic rings. The van der Waals surface area contributed by atoms with Crippen molar-refractivity contribution in [3.63, 3.8) is 0 Å². The highest BCUT2D eigenvalue weighted by Gasteiger charge is 2.16. The number of hydrogen-bond acceptors (Lipinski definition) is 0. The van der Waals surface area contributed by atoms with Gasteiger partial charge in [0.2, 0.25) is 0 Å². The third kappa shape index (κ3) is 1.56. The van der Waals surface area contributed by atoms with Crippen LogP contribution in [0.3, 0.4) is 0 Å². The Morgan fingerprint density at radius 1 is 0.458 bits per heavy atom. The summed E-state index contributed by atoms with van der Waals surface area (Å²) in [6.45, 7) is 4.45. The predicted octanol–water partition coefficient (Wildman–Crippen LogP) is 2.87. The summed E-state index contributed by atoms with van der Waals surface area (Å²) in [4.78, 5) is 0. The van der Waals surface area contributed by atoms with Crippen LogP contribution in [0.4, 0.5) is 0 Å². The first-order valence-corrected chi connectivity index (χ1v) is 8.64. The fourth-order valence-electron chi connectivity index (χ4n) is 4.64. The van der Waals surface area contributed by atoms with Crippen LogP contribution in [-0.2, 0) is 0 Å². The molecule has 112 valence electrons. The SMILES string of the molecule is Bc1ccc2c3ccc(C)c4c(C)ccc(c5ccc(B)c1c25)c43. The van der Waals surface area contributed by atoms with E-state index in [9.17, 15) is 0 Å². The highest BCUT2D eigenvalue weighted by molar-refractivity contribution is 6.51. The van der Waals surface area contributed by atoms with Gasteiger partial charge in [-0.15, -0.1) is 0 Å². The fourth-order valence-corrected chi connectivity index (χ4v) is 4.64. The molecule has 0 nitrogen and oxygen atoms in total. The molecule has 0 fully saturated rings. The van der Waals surface area contributed by atoms with Gasteiger partial charge >= 0.3 is 0 Å². The third-order valence-electron chi connectivity index (χ3n) is 5.74. The van der Waals surface area contributed by atoms with Gasteiger partial charge in [-0.3, -0.25) is 0 Å². The molecule has 0 N–H and O–H groups in total. The number of aryl methyl sites for hydroxylation is 2. The molecule has 0 radical (unpaired) electrons. The molecule has 5 rings (SSSR count). The number of rotatable bonds is 0. The zero-order valence-electron chi connectivity index (χ0n) is 14.6. The molecule has 0 aliphatic carbocycles. The van der Waals surface area contributed by atoms with Crippen molar-refractivity contribution in [1.29, 1.82) is 0 Å². The molecule has 0 aliphatic heterocycles. The lowest BCUT2D eigenvalue weighted by Gasteiger charge is -2.18. The lowest BCUT2D eigenvalue weighted by molar-refractivity contribution is 1.48. The second kappa shape index (κ2) is 4.54. The van der Waals surface area contributed by atoms with Crippen LogP contribution in [-0.4, -0.2) is 15.7 Å². The molecule has 0 heterocycles. The number of benzene rings is 5. The number of fused-ring (bicyclic) bond motifs is 2. The average molecular weight is 304 g/mol. The van der Waals surface area contributed by atoms with Gasteiger partial charge in [0.05, 0.1) is 0 Å². The Balaban J connectivity index is 2.26. The lowest BCUT2D eigenvalue weighted by Crippen LogP contribution is -2.15. The molecular weight excluding hydrogens is 286 g/mol. The van der Waals surface area contributed by atoms with Crippen LogP contribution in [0.25, 0.3) is 43.1 Å². The standard InChI is InChI=1S/C22H18B2/c1-11-3-5-13-15-7-9-17(23)22-18(24)10-8-16(21(15)22)14-6-4-12(2)19(11)20(13)14/h3-10H,23-24H2,1-2H3. The lowest BCUT2D eigenvalue weighted by atomic mass is 9.77. The van der Waals surface area contributed by atoms with Crippen molar-refractivity contribution in [2.45, 2.75) is 13.8 Å². The Morgan fingerprint density at radius 3 is 1.29 bits per heavy atom. The van der Waals surface area contributed by atoms with Crippen LogP contribution in [0, 0.1) is 13.8 Å². The van der Waals surface area contributed by atoms with Crippen LogP contribution in [0.1, 0.15) is 11.1 Å². The molecule has 0 saturated carbocycles. The molecule has 0 aromatic heterocycles. The minimum absolute atomic E-state index is 1.37. The molecule has 0 atom stereocenters. The van der Waals surface area contributed by atoms with Crippen molar-refractivity contribution < 1.29 is 0 Å². The van der Waals surface area contributed by atoms with Gasteiger partial charge in [-0.1, -0.05) is 59.5 Å². The van der Waals surface area contributed by atoms with Crippen molar-refractivity contribution in [2.75, 3.05) is 0 Å². The molecule has 5 aromatic carbocycles. The second-order valence-corrected chi connectivity index (χ2v) is 7.22. The van der Waals surface area contributed by atoms with Crippen molar-refractivity contribution in [2.24, 2.45) is 0 Å². The summed E-state index contributed by atoms with van der Waals surface area (Å²) in [5.41, 5.74) is 5.47. The van der Waals surface area contributed by atoms with Crippen LogP contribution >= 0.6 is 0 Å². The summed E-state index contributed by atoms with van der Waals surface area (Å²) < 4.78 is 0. The summed E-state index contributed by atoms with van der Waals surface area (Å²) in [5, 5.41) is 11.2. The molecule has 0 spiro atoms. The fraction of sp³-hybridized carbons (Fsp3) is 0.0909. The average Bonchev–Trinajstić information content (AvgIpc) is 2.57. The Hall–Kier alpha value is -2.47. The Kier molecular flexibility index (Phi) is 2.63. The molecule has 2 heteroatoms. The molecule has 0 bridgehead atoms. The van der Waals surface area contributed by atoms with Crippen molar-refractivity contribution >= 4 is 69.7 Å². The van der Waals surface area contributed by atoms with Crippen molar-refractivity contribution in [3.8, 4) is 0 Å². The summed E-state index contributed by atoms with van der Waals surface area (Å²) in [7, 11) is 4.45. The van der Waals surface area contributed by atoms with Gasteiger partial charge in [0.25, 0.3) is 0 Å². The van der Waals surface area contributed by atoms with E-state index in [1.807, 2.05) is 0 Å². The van der Waals surface area contributed by atoms with Crippen LogP contribution < -0.4 is 10.9 Å². The topological polar surface area (TPSA) is 0 Å². The first-order valence-electron chi connectivity index (χ1n) is 8.64. The predicted molar refractivity (Wildman–Crippen MR) is 113 cm³/mol. The summed E-state index contributed by atoms with van der Waals surface area (Å²) in [6.07, 6.45) is 0. The van der Waals surface area contributed by atoms with Crippen molar-refractivity contribution in [1.82, 2.24) is 0 Å². The molecule has 5 aromatic rings.